The molecule has 3 rings (SSSR count). The highest BCUT2D eigenvalue weighted by atomic mass is 16.6. The molecule has 1 atom stereocenters. The van der Waals surface area contributed by atoms with E-state index in [4.69, 9.17) is 9.47 Å². The van der Waals surface area contributed by atoms with E-state index >= 15 is 0 Å². The first-order valence-corrected chi connectivity index (χ1v) is 10.9. The molecule has 0 spiro atoms. The van der Waals surface area contributed by atoms with Gasteiger partial charge in [-0.25, -0.2) is 14.6 Å². The van der Waals surface area contributed by atoms with Crippen LogP contribution >= 0.6 is 0 Å². The van der Waals surface area contributed by atoms with Crippen molar-refractivity contribution in [3.8, 4) is 0 Å². The molecule has 0 aliphatic heterocycles. The van der Waals surface area contributed by atoms with Crippen molar-refractivity contribution in [2.75, 3.05) is 11.9 Å². The highest BCUT2D eigenvalue weighted by Gasteiger charge is 2.25. The van der Waals surface area contributed by atoms with Gasteiger partial charge in [0.1, 0.15) is 17.5 Å². The highest BCUT2D eigenvalue weighted by molar-refractivity contribution is 5.92. The summed E-state index contributed by atoms with van der Waals surface area (Å²) >= 11 is 0. The molecule has 174 valence electrons. The molecule has 8 heteroatoms. The van der Waals surface area contributed by atoms with E-state index in [0.29, 0.717) is 0 Å². The number of nitrogens with one attached hydrogen (secondary N) is 2. The van der Waals surface area contributed by atoms with E-state index in [1.165, 1.54) is 0 Å². The molecular formula is C25H30N4O4. The Morgan fingerprint density at radius 2 is 1.85 bits per heavy atom. The summed E-state index contributed by atoms with van der Waals surface area (Å²) in [6.07, 6.45) is 3.15. The van der Waals surface area contributed by atoms with Gasteiger partial charge in [0, 0.05) is 35.6 Å². The Balaban J connectivity index is 1.73. The molecule has 2 heterocycles. The number of benzene rings is 1. The second kappa shape index (κ2) is 10.3. The summed E-state index contributed by atoms with van der Waals surface area (Å²) in [6.45, 7) is 9.18. The number of esters is 1. The lowest BCUT2D eigenvalue weighted by molar-refractivity contribution is -0.145. The second-order valence-corrected chi connectivity index (χ2v) is 8.69. The third kappa shape index (κ3) is 6.90. The number of hydrogen-bond acceptors (Lipinski definition) is 7. The number of carbonyl (C=O) groups excluding carboxylic acids is 2. The predicted molar refractivity (Wildman–Crippen MR) is 127 cm³/mol. The van der Waals surface area contributed by atoms with Gasteiger partial charge >= 0.3 is 12.1 Å². The molecule has 0 saturated carbocycles. The lowest BCUT2D eigenvalue weighted by Gasteiger charge is -2.23. The third-order valence-corrected chi connectivity index (χ3v) is 4.68. The molecule has 0 aliphatic rings. The molecule has 0 saturated heterocycles. The zero-order valence-corrected chi connectivity index (χ0v) is 19.6. The largest absolute Gasteiger partial charge is 0.464 e. The van der Waals surface area contributed by atoms with Gasteiger partial charge in [-0.1, -0.05) is 12.1 Å². The van der Waals surface area contributed by atoms with E-state index in [1.807, 2.05) is 43.3 Å². The molecule has 8 nitrogen and oxygen atoms in total. The fourth-order valence-corrected chi connectivity index (χ4v) is 3.30. The topological polar surface area (TPSA) is 102 Å². The first-order valence-electron chi connectivity index (χ1n) is 10.9. The summed E-state index contributed by atoms with van der Waals surface area (Å²) in [4.78, 5) is 33.4. The van der Waals surface area contributed by atoms with Crippen LogP contribution in [0.1, 0.15) is 39.0 Å². The van der Waals surface area contributed by atoms with Gasteiger partial charge in [0.2, 0.25) is 0 Å². The molecule has 0 fully saturated rings. The maximum absolute atomic E-state index is 12.4. The summed E-state index contributed by atoms with van der Waals surface area (Å²) in [7, 11) is 0. The summed E-state index contributed by atoms with van der Waals surface area (Å²) in [5, 5.41) is 7.94. The molecule has 0 bridgehead atoms. The Morgan fingerprint density at radius 1 is 1.12 bits per heavy atom. The van der Waals surface area contributed by atoms with Gasteiger partial charge in [-0.15, -0.1) is 0 Å². The highest BCUT2D eigenvalue weighted by Crippen LogP contribution is 2.25. The third-order valence-electron chi connectivity index (χ3n) is 4.68. The van der Waals surface area contributed by atoms with Crippen molar-refractivity contribution in [3.05, 3.63) is 60.0 Å². The number of pyridine rings is 2. The maximum atomic E-state index is 12.4. The van der Waals surface area contributed by atoms with Crippen LogP contribution in [0.3, 0.4) is 0 Å². The van der Waals surface area contributed by atoms with Crippen molar-refractivity contribution in [2.45, 2.75) is 52.7 Å². The Morgan fingerprint density at radius 3 is 2.52 bits per heavy atom. The monoisotopic (exact) mass is 450 g/mol. The van der Waals surface area contributed by atoms with Gasteiger partial charge in [0.25, 0.3) is 0 Å². The summed E-state index contributed by atoms with van der Waals surface area (Å²) in [5.74, 6) is 0.218. The van der Waals surface area contributed by atoms with E-state index in [0.717, 1.165) is 33.5 Å². The van der Waals surface area contributed by atoms with Crippen molar-refractivity contribution in [1.29, 1.82) is 0 Å². The van der Waals surface area contributed by atoms with E-state index < -0.39 is 23.7 Å². The lowest BCUT2D eigenvalue weighted by Crippen LogP contribution is -2.45. The Kier molecular flexibility index (Phi) is 7.48. The van der Waals surface area contributed by atoms with Crippen molar-refractivity contribution in [3.63, 3.8) is 0 Å². The first kappa shape index (κ1) is 24.0. The summed E-state index contributed by atoms with van der Waals surface area (Å²) in [5.41, 5.74) is 1.94. The van der Waals surface area contributed by atoms with Crippen LogP contribution in [0.25, 0.3) is 10.8 Å². The Labute approximate surface area is 193 Å². The smallest absolute Gasteiger partial charge is 0.408 e. The minimum absolute atomic E-state index is 0.223. The molecule has 0 radical (unpaired) electrons. The molecule has 0 aliphatic carbocycles. The quantitative estimate of drug-likeness (QED) is 0.504. The molecule has 3 aromatic rings. The van der Waals surface area contributed by atoms with E-state index in [-0.39, 0.29) is 13.0 Å². The number of ether oxygens (including phenoxy) is 2. The van der Waals surface area contributed by atoms with Gasteiger partial charge < -0.3 is 20.1 Å². The van der Waals surface area contributed by atoms with Crippen LogP contribution in [0.4, 0.5) is 16.3 Å². The zero-order chi connectivity index (χ0) is 24.0. The van der Waals surface area contributed by atoms with Gasteiger partial charge in [-0.3, -0.25) is 4.98 Å². The molecule has 1 amide bonds. The van der Waals surface area contributed by atoms with Gasteiger partial charge in [0.15, 0.2) is 0 Å². The predicted octanol–water partition coefficient (Wildman–Crippen LogP) is 4.68. The van der Waals surface area contributed by atoms with E-state index in [1.54, 1.807) is 40.1 Å². The number of rotatable bonds is 7. The average Bonchev–Trinajstić information content (AvgIpc) is 2.73. The van der Waals surface area contributed by atoms with Crippen LogP contribution in [-0.2, 0) is 20.7 Å². The number of alkyl carbamates (subject to hydrolysis) is 1. The van der Waals surface area contributed by atoms with Gasteiger partial charge in [0.05, 0.1) is 6.61 Å². The number of carbonyl (C=O) groups is 2. The lowest BCUT2D eigenvalue weighted by atomic mass is 10.1. The Bertz CT molecular complexity index is 1120. The standard InChI is InChI=1S/C25H30N4O4/c1-6-32-23(30)21(29-24(31)33-25(3,4)5)14-17-7-9-19(10-8-17)28-22-20-15-26-12-11-18(20)13-16(2)27-22/h7-13,15,21H,6,14H2,1-5H3,(H,27,28)(H,29,31)/t21-/m0/s1. The number of aryl methyl sites for hydroxylation is 1. The minimum atomic E-state index is -0.855. The van der Waals surface area contributed by atoms with Gasteiger partial charge in [-0.05, 0) is 69.8 Å². The Hall–Kier alpha value is -3.68. The van der Waals surface area contributed by atoms with Crippen LogP contribution in [-0.4, -0.2) is 40.3 Å². The summed E-state index contributed by atoms with van der Waals surface area (Å²) in [6, 6.07) is 10.7. The number of fused-ring (bicyclic) bond motifs is 1. The molecular weight excluding hydrogens is 420 g/mol. The number of amides is 1. The fraction of sp³-hybridized carbons (Fsp3) is 0.360. The number of aromatic nitrogens is 2. The van der Waals surface area contributed by atoms with E-state index in [9.17, 15) is 9.59 Å². The minimum Gasteiger partial charge on any atom is -0.464 e. The van der Waals surface area contributed by atoms with E-state index in [2.05, 4.69) is 20.6 Å². The van der Waals surface area contributed by atoms with Gasteiger partial charge in [-0.2, -0.15) is 0 Å². The molecule has 33 heavy (non-hydrogen) atoms. The van der Waals surface area contributed by atoms with Crippen LogP contribution < -0.4 is 10.6 Å². The fourth-order valence-electron chi connectivity index (χ4n) is 3.30. The van der Waals surface area contributed by atoms with Crippen molar-refractivity contribution >= 4 is 34.3 Å². The van der Waals surface area contributed by atoms with Crippen molar-refractivity contribution in [2.24, 2.45) is 0 Å². The van der Waals surface area contributed by atoms with Crippen LogP contribution in [0.2, 0.25) is 0 Å². The molecule has 2 N–H and O–H groups in total. The van der Waals surface area contributed by atoms with Crippen LogP contribution in [0, 0.1) is 6.92 Å². The summed E-state index contributed by atoms with van der Waals surface area (Å²) < 4.78 is 10.4. The maximum Gasteiger partial charge on any atom is 0.408 e. The molecule has 0 unspecified atom stereocenters. The van der Waals surface area contributed by atoms with Crippen LogP contribution in [0.15, 0.2) is 48.8 Å². The zero-order valence-electron chi connectivity index (χ0n) is 19.6. The molecule has 2 aromatic heterocycles. The second-order valence-electron chi connectivity index (χ2n) is 8.69. The number of hydrogen-bond donors (Lipinski definition) is 2. The SMILES string of the molecule is CCOC(=O)[C@H](Cc1ccc(Nc2nc(C)cc3ccncc23)cc1)NC(=O)OC(C)(C)C. The average molecular weight is 451 g/mol. The van der Waals surface area contributed by atoms with Crippen LogP contribution in [0.5, 0.6) is 0 Å². The molecule has 1 aromatic carbocycles. The first-order chi connectivity index (χ1) is 15.6. The number of anilines is 2. The van der Waals surface area contributed by atoms with Crippen molar-refractivity contribution < 1.29 is 19.1 Å². The van der Waals surface area contributed by atoms with Crippen molar-refractivity contribution in [1.82, 2.24) is 15.3 Å². The normalized spacial score (nSPS) is 12.2. The number of nitrogens with zero attached hydrogens (tertiary/aromatic N) is 2.